The molecular weight excluding hydrogens is 503 g/mol. The molecule has 0 aliphatic heterocycles. The van der Waals surface area contributed by atoms with Gasteiger partial charge in [-0.1, -0.05) is 20.3 Å². The third-order valence-electron chi connectivity index (χ3n) is 4.67. The van der Waals surface area contributed by atoms with Crippen molar-refractivity contribution in [3.05, 3.63) is 0 Å². The van der Waals surface area contributed by atoms with Gasteiger partial charge in [0.15, 0.2) is 5.96 Å². The fraction of sp³-hybridized carbons (Fsp3) is 0.900. The summed E-state index contributed by atoms with van der Waals surface area (Å²) in [4.78, 5) is 18.4. The van der Waals surface area contributed by atoms with E-state index in [1.807, 2.05) is 34.6 Å². The lowest BCUT2D eigenvalue weighted by molar-refractivity contribution is 0.0253. The maximum atomic E-state index is 12.3. The largest absolute Gasteiger partial charge is 0.444 e. The lowest BCUT2D eigenvalue weighted by atomic mass is 9.95. The predicted molar refractivity (Wildman–Crippen MR) is 133 cm³/mol. The van der Waals surface area contributed by atoms with Gasteiger partial charge in [-0.3, -0.25) is 9.20 Å². The Morgan fingerprint density at radius 2 is 1.93 bits per heavy atom. The van der Waals surface area contributed by atoms with Crippen molar-refractivity contribution in [1.29, 1.82) is 0 Å². The summed E-state index contributed by atoms with van der Waals surface area (Å²) in [5.41, 5.74) is -0.496. The first kappa shape index (κ1) is 28.4. The molecule has 1 rings (SSSR count). The Morgan fingerprint density at radius 1 is 1.24 bits per heavy atom. The minimum atomic E-state index is -0.737. The van der Waals surface area contributed by atoms with Gasteiger partial charge >= 0.3 is 6.09 Å². The SMILES string of the molecule is CCCN(CCNC(=NC)NC1CCCC(S(=O)CC)C1)C(=O)OC(C)(C)C.I. The number of nitrogens with one attached hydrogen (secondary N) is 2. The Bertz CT molecular complexity index is 540. The second-order valence-corrected chi connectivity index (χ2v) is 10.3. The number of hydrogen-bond acceptors (Lipinski definition) is 4. The van der Waals surface area contributed by atoms with Crippen LogP contribution in [-0.2, 0) is 15.5 Å². The van der Waals surface area contributed by atoms with E-state index in [4.69, 9.17) is 4.74 Å². The molecule has 2 N–H and O–H groups in total. The molecule has 1 amide bonds. The number of guanidine groups is 1. The monoisotopic (exact) mass is 544 g/mol. The number of rotatable bonds is 8. The summed E-state index contributed by atoms with van der Waals surface area (Å²) in [5.74, 6) is 1.45. The van der Waals surface area contributed by atoms with Crippen LogP contribution >= 0.6 is 24.0 Å². The van der Waals surface area contributed by atoms with E-state index in [0.717, 1.165) is 43.8 Å². The predicted octanol–water partition coefficient (Wildman–Crippen LogP) is 3.50. The van der Waals surface area contributed by atoms with E-state index in [9.17, 15) is 9.00 Å². The summed E-state index contributed by atoms with van der Waals surface area (Å²) in [6, 6.07) is 0.290. The zero-order valence-electron chi connectivity index (χ0n) is 19.0. The molecule has 1 aliphatic rings. The molecule has 29 heavy (non-hydrogen) atoms. The number of halogens is 1. The minimum Gasteiger partial charge on any atom is -0.444 e. The first-order valence-corrected chi connectivity index (χ1v) is 11.9. The standard InChI is InChI=1S/C20H40N4O3S.HI/c1-7-13-24(19(25)27-20(3,4)5)14-12-22-18(21-6)23-16-10-9-11-17(15-16)28(26)8-2;/h16-17H,7-15H2,1-6H3,(H2,21,22,23);1H. The number of carbonyl (C=O) groups is 1. The molecule has 0 radical (unpaired) electrons. The topological polar surface area (TPSA) is 83.0 Å². The first-order valence-electron chi connectivity index (χ1n) is 10.5. The highest BCUT2D eigenvalue weighted by atomic mass is 127. The van der Waals surface area contributed by atoms with Crippen LogP contribution in [0.5, 0.6) is 0 Å². The summed E-state index contributed by atoms with van der Waals surface area (Å²) in [7, 11) is 1.01. The molecule has 0 aromatic rings. The molecule has 3 unspecified atom stereocenters. The smallest absolute Gasteiger partial charge is 0.410 e. The molecule has 1 fully saturated rings. The highest BCUT2D eigenvalue weighted by molar-refractivity contribution is 14.0. The van der Waals surface area contributed by atoms with Crippen molar-refractivity contribution >= 4 is 46.8 Å². The van der Waals surface area contributed by atoms with Crippen LogP contribution in [0.2, 0.25) is 0 Å². The van der Waals surface area contributed by atoms with Crippen LogP contribution in [0.1, 0.15) is 66.7 Å². The molecule has 172 valence electrons. The number of amides is 1. The number of carbonyl (C=O) groups excluding carboxylic acids is 1. The number of nitrogens with zero attached hydrogens (tertiary/aromatic N) is 2. The molecule has 0 spiro atoms. The van der Waals surface area contributed by atoms with Gasteiger partial charge in [-0.05, 0) is 46.5 Å². The van der Waals surface area contributed by atoms with Crippen molar-refractivity contribution < 1.29 is 13.7 Å². The van der Waals surface area contributed by atoms with Crippen LogP contribution in [-0.4, -0.2) is 70.5 Å². The Labute approximate surface area is 196 Å². The lowest BCUT2D eigenvalue weighted by Crippen LogP contribution is -2.49. The zero-order chi connectivity index (χ0) is 21.2. The van der Waals surface area contributed by atoms with Gasteiger partial charge in [-0.2, -0.15) is 0 Å². The first-order chi connectivity index (χ1) is 13.2. The number of hydrogen-bond donors (Lipinski definition) is 2. The molecular formula is C20H41IN4O3S. The van der Waals surface area contributed by atoms with Gasteiger partial charge in [0.05, 0.1) is 0 Å². The van der Waals surface area contributed by atoms with Crippen molar-refractivity contribution in [1.82, 2.24) is 15.5 Å². The highest BCUT2D eigenvalue weighted by Crippen LogP contribution is 2.22. The number of ether oxygens (including phenoxy) is 1. The Kier molecular flexibility index (Phi) is 14.1. The normalized spacial score (nSPS) is 21.0. The Hall–Kier alpha value is -0.580. The minimum absolute atomic E-state index is 0. The van der Waals surface area contributed by atoms with E-state index >= 15 is 0 Å². The third-order valence-corrected chi connectivity index (χ3v) is 6.41. The molecule has 0 saturated heterocycles. The van der Waals surface area contributed by atoms with Crippen LogP contribution in [0, 0.1) is 0 Å². The van der Waals surface area contributed by atoms with Gasteiger partial charge in [0, 0.05) is 54.5 Å². The van der Waals surface area contributed by atoms with Crippen LogP contribution in [0.15, 0.2) is 4.99 Å². The van der Waals surface area contributed by atoms with Crippen molar-refractivity contribution in [2.75, 3.05) is 32.4 Å². The van der Waals surface area contributed by atoms with E-state index in [-0.39, 0.29) is 41.4 Å². The van der Waals surface area contributed by atoms with Gasteiger partial charge in [0.2, 0.25) is 0 Å². The average Bonchev–Trinajstić information content (AvgIpc) is 2.64. The summed E-state index contributed by atoms with van der Waals surface area (Å²) in [5, 5.41) is 7.03. The van der Waals surface area contributed by atoms with E-state index in [2.05, 4.69) is 15.6 Å². The van der Waals surface area contributed by atoms with Crippen molar-refractivity contribution in [2.45, 2.75) is 83.6 Å². The van der Waals surface area contributed by atoms with Crippen LogP contribution in [0.25, 0.3) is 0 Å². The van der Waals surface area contributed by atoms with Crippen molar-refractivity contribution in [2.24, 2.45) is 4.99 Å². The number of aliphatic imine (C=N–C) groups is 1. The molecule has 0 heterocycles. The van der Waals surface area contributed by atoms with Crippen LogP contribution in [0.3, 0.4) is 0 Å². The molecule has 7 nitrogen and oxygen atoms in total. The van der Waals surface area contributed by atoms with E-state index in [1.165, 1.54) is 0 Å². The van der Waals surface area contributed by atoms with Crippen molar-refractivity contribution in [3.63, 3.8) is 0 Å². The molecule has 0 aromatic carbocycles. The summed E-state index contributed by atoms with van der Waals surface area (Å²) < 4.78 is 17.6. The fourth-order valence-electron chi connectivity index (χ4n) is 3.34. The maximum Gasteiger partial charge on any atom is 0.410 e. The Balaban J connectivity index is 0.00000784. The molecule has 9 heteroatoms. The van der Waals surface area contributed by atoms with E-state index in [1.54, 1.807) is 11.9 Å². The lowest BCUT2D eigenvalue weighted by Gasteiger charge is -2.30. The van der Waals surface area contributed by atoms with Crippen LogP contribution < -0.4 is 10.6 Å². The zero-order valence-corrected chi connectivity index (χ0v) is 22.1. The average molecular weight is 545 g/mol. The summed E-state index contributed by atoms with van der Waals surface area (Å²) in [6.07, 6.45) is 4.72. The van der Waals surface area contributed by atoms with Gasteiger partial charge < -0.3 is 20.3 Å². The Morgan fingerprint density at radius 3 is 2.48 bits per heavy atom. The fourth-order valence-corrected chi connectivity index (χ4v) is 4.69. The quantitative estimate of drug-likeness (QED) is 0.278. The maximum absolute atomic E-state index is 12.3. The molecule has 0 aromatic heterocycles. The molecule has 1 aliphatic carbocycles. The van der Waals surface area contributed by atoms with Gasteiger partial charge in [-0.25, -0.2) is 4.79 Å². The van der Waals surface area contributed by atoms with E-state index < -0.39 is 16.4 Å². The second-order valence-electron chi connectivity index (χ2n) is 8.27. The van der Waals surface area contributed by atoms with E-state index in [0.29, 0.717) is 19.6 Å². The van der Waals surface area contributed by atoms with Gasteiger partial charge in [0.25, 0.3) is 0 Å². The van der Waals surface area contributed by atoms with Gasteiger partial charge in [-0.15, -0.1) is 24.0 Å². The van der Waals surface area contributed by atoms with Crippen LogP contribution in [0.4, 0.5) is 4.79 Å². The third kappa shape index (κ3) is 11.4. The molecule has 0 bridgehead atoms. The second kappa shape index (κ2) is 14.4. The molecule has 1 saturated carbocycles. The van der Waals surface area contributed by atoms with Gasteiger partial charge in [0.1, 0.15) is 5.60 Å². The highest BCUT2D eigenvalue weighted by Gasteiger charge is 2.26. The molecule has 3 atom stereocenters. The summed E-state index contributed by atoms with van der Waals surface area (Å²) >= 11 is 0. The summed E-state index contributed by atoms with van der Waals surface area (Å²) in [6.45, 7) is 11.5. The van der Waals surface area contributed by atoms with Crippen molar-refractivity contribution in [3.8, 4) is 0 Å².